The van der Waals surface area contributed by atoms with Gasteiger partial charge >= 0.3 is 0 Å². The molecule has 0 atom stereocenters. The van der Waals surface area contributed by atoms with Crippen molar-refractivity contribution in [2.75, 3.05) is 13.1 Å². The molecule has 0 saturated heterocycles. The van der Waals surface area contributed by atoms with E-state index in [0.29, 0.717) is 6.54 Å². The highest BCUT2D eigenvalue weighted by Crippen LogP contribution is 2.14. The van der Waals surface area contributed by atoms with E-state index in [1.165, 1.54) is 0 Å². The zero-order chi connectivity index (χ0) is 15.2. The molecule has 1 aromatic carbocycles. The molecule has 2 N–H and O–H groups in total. The Hall–Kier alpha value is -1.66. The van der Waals surface area contributed by atoms with Crippen molar-refractivity contribution in [3.8, 4) is 0 Å². The first-order chi connectivity index (χ1) is 9.36. The third-order valence-electron chi connectivity index (χ3n) is 2.88. The van der Waals surface area contributed by atoms with Crippen LogP contribution in [0.25, 0.3) is 0 Å². The second-order valence-corrected chi connectivity index (χ2v) is 6.25. The summed E-state index contributed by atoms with van der Waals surface area (Å²) in [6, 6.07) is 4.94. The third kappa shape index (κ3) is 4.79. The summed E-state index contributed by atoms with van der Waals surface area (Å²) in [5, 5.41) is 2.58. The van der Waals surface area contributed by atoms with Gasteiger partial charge in [0.15, 0.2) is 0 Å². The van der Waals surface area contributed by atoms with Crippen molar-refractivity contribution in [2.45, 2.75) is 25.2 Å². The van der Waals surface area contributed by atoms with Crippen molar-refractivity contribution in [1.29, 1.82) is 0 Å². The van der Waals surface area contributed by atoms with Crippen LogP contribution >= 0.6 is 0 Å². The summed E-state index contributed by atoms with van der Waals surface area (Å²) >= 11 is 0. The maximum atomic E-state index is 12.0. The quantitative estimate of drug-likeness (QED) is 0.744. The lowest BCUT2D eigenvalue weighted by atomic mass is 10.1. The molecule has 1 rings (SSSR count). The van der Waals surface area contributed by atoms with E-state index in [0.717, 1.165) is 11.1 Å². The van der Waals surface area contributed by atoms with E-state index in [9.17, 15) is 13.2 Å². The SMILES string of the molecule is C=CCNC(=O)CCNS(=O)(=O)c1ccc(C)c(C)c1. The Bertz CT molecular complexity index is 594. The standard InChI is InChI=1S/C14H20N2O3S/c1-4-8-15-14(17)7-9-16-20(18,19)13-6-5-11(2)12(3)10-13/h4-6,10,16H,1,7-9H2,2-3H3,(H,15,17). The number of hydrogen-bond acceptors (Lipinski definition) is 3. The molecule has 6 heteroatoms. The number of nitrogens with one attached hydrogen (secondary N) is 2. The third-order valence-corrected chi connectivity index (χ3v) is 4.34. The van der Waals surface area contributed by atoms with Crippen LogP contribution in [0.5, 0.6) is 0 Å². The van der Waals surface area contributed by atoms with Crippen molar-refractivity contribution in [1.82, 2.24) is 10.0 Å². The summed E-state index contributed by atoms with van der Waals surface area (Å²) in [7, 11) is -3.57. The van der Waals surface area contributed by atoms with Crippen LogP contribution in [0, 0.1) is 13.8 Å². The maximum absolute atomic E-state index is 12.0. The van der Waals surface area contributed by atoms with Gasteiger partial charge in [-0.05, 0) is 37.1 Å². The van der Waals surface area contributed by atoms with Crippen molar-refractivity contribution in [2.24, 2.45) is 0 Å². The summed E-state index contributed by atoms with van der Waals surface area (Å²) in [5.74, 6) is -0.215. The van der Waals surface area contributed by atoms with Crippen LogP contribution in [0.3, 0.4) is 0 Å². The highest BCUT2D eigenvalue weighted by molar-refractivity contribution is 7.89. The Labute approximate surface area is 120 Å². The Morgan fingerprint density at radius 3 is 2.60 bits per heavy atom. The lowest BCUT2D eigenvalue weighted by Gasteiger charge is -2.08. The predicted molar refractivity (Wildman–Crippen MR) is 78.9 cm³/mol. The van der Waals surface area contributed by atoms with E-state index < -0.39 is 10.0 Å². The van der Waals surface area contributed by atoms with Gasteiger partial charge in [0, 0.05) is 19.5 Å². The summed E-state index contributed by atoms with van der Waals surface area (Å²) in [6.45, 7) is 7.70. The van der Waals surface area contributed by atoms with E-state index >= 15 is 0 Å². The molecule has 5 nitrogen and oxygen atoms in total. The fourth-order valence-electron chi connectivity index (χ4n) is 1.54. The molecule has 0 fully saturated rings. The number of benzene rings is 1. The van der Waals surface area contributed by atoms with Gasteiger partial charge in [0.05, 0.1) is 4.90 Å². The van der Waals surface area contributed by atoms with Crippen molar-refractivity contribution >= 4 is 15.9 Å². The number of aryl methyl sites for hydroxylation is 2. The van der Waals surface area contributed by atoms with Crippen LogP contribution < -0.4 is 10.0 Å². The molecular formula is C14H20N2O3S. The van der Waals surface area contributed by atoms with Crippen LogP contribution in [-0.2, 0) is 14.8 Å². The van der Waals surface area contributed by atoms with Crippen LogP contribution in [0.15, 0.2) is 35.7 Å². The molecule has 1 amide bonds. The van der Waals surface area contributed by atoms with Crippen LogP contribution in [0.2, 0.25) is 0 Å². The van der Waals surface area contributed by atoms with Crippen LogP contribution in [-0.4, -0.2) is 27.4 Å². The molecule has 0 heterocycles. The number of carbonyl (C=O) groups is 1. The van der Waals surface area contributed by atoms with Crippen molar-refractivity contribution < 1.29 is 13.2 Å². The Morgan fingerprint density at radius 2 is 2.00 bits per heavy atom. The molecule has 0 unspecified atom stereocenters. The van der Waals surface area contributed by atoms with Gasteiger partial charge in [-0.15, -0.1) is 6.58 Å². The molecule has 0 aromatic heterocycles. The normalized spacial score (nSPS) is 11.1. The van der Waals surface area contributed by atoms with Crippen LogP contribution in [0.4, 0.5) is 0 Å². The molecule has 0 aliphatic carbocycles. The first-order valence-corrected chi connectivity index (χ1v) is 7.79. The van der Waals surface area contributed by atoms with Crippen molar-refractivity contribution in [3.05, 3.63) is 42.0 Å². The van der Waals surface area contributed by atoms with Gasteiger partial charge in [0.25, 0.3) is 0 Å². The topological polar surface area (TPSA) is 75.3 Å². The van der Waals surface area contributed by atoms with Crippen LogP contribution in [0.1, 0.15) is 17.5 Å². The Morgan fingerprint density at radius 1 is 1.30 bits per heavy atom. The summed E-state index contributed by atoms with van der Waals surface area (Å²) < 4.78 is 26.5. The van der Waals surface area contributed by atoms with Gasteiger partial charge in [-0.25, -0.2) is 13.1 Å². The lowest BCUT2D eigenvalue weighted by molar-refractivity contribution is -0.120. The van der Waals surface area contributed by atoms with Gasteiger partial charge in [0.2, 0.25) is 15.9 Å². The monoisotopic (exact) mass is 296 g/mol. The van der Waals surface area contributed by atoms with Gasteiger partial charge in [0.1, 0.15) is 0 Å². The zero-order valence-electron chi connectivity index (χ0n) is 11.8. The molecule has 0 aliphatic heterocycles. The van der Waals surface area contributed by atoms with E-state index in [2.05, 4.69) is 16.6 Å². The first kappa shape index (κ1) is 16.4. The molecule has 110 valence electrons. The fourth-order valence-corrected chi connectivity index (χ4v) is 2.65. The number of sulfonamides is 1. The predicted octanol–water partition coefficient (Wildman–Crippen LogP) is 1.27. The Balaban J connectivity index is 2.59. The van der Waals surface area contributed by atoms with Gasteiger partial charge < -0.3 is 5.32 Å². The summed E-state index contributed by atoms with van der Waals surface area (Å²) in [6.07, 6.45) is 1.66. The Kier molecular flexibility index (Phi) is 5.91. The second-order valence-electron chi connectivity index (χ2n) is 4.49. The molecule has 0 bridgehead atoms. The zero-order valence-corrected chi connectivity index (χ0v) is 12.6. The minimum atomic E-state index is -3.57. The van der Waals surface area contributed by atoms with Gasteiger partial charge in [-0.3, -0.25) is 4.79 Å². The first-order valence-electron chi connectivity index (χ1n) is 6.31. The number of rotatable bonds is 7. The number of hydrogen-bond donors (Lipinski definition) is 2. The average molecular weight is 296 g/mol. The van der Waals surface area contributed by atoms with Crippen molar-refractivity contribution in [3.63, 3.8) is 0 Å². The minimum Gasteiger partial charge on any atom is -0.353 e. The molecule has 0 aliphatic rings. The van der Waals surface area contributed by atoms with Gasteiger partial charge in [-0.1, -0.05) is 12.1 Å². The van der Waals surface area contributed by atoms with E-state index in [1.54, 1.807) is 24.3 Å². The largest absolute Gasteiger partial charge is 0.353 e. The number of amides is 1. The van der Waals surface area contributed by atoms with E-state index in [-0.39, 0.29) is 23.8 Å². The summed E-state index contributed by atoms with van der Waals surface area (Å²) in [5.41, 5.74) is 1.95. The lowest BCUT2D eigenvalue weighted by Crippen LogP contribution is -2.30. The van der Waals surface area contributed by atoms with Gasteiger partial charge in [-0.2, -0.15) is 0 Å². The number of carbonyl (C=O) groups excluding carboxylic acids is 1. The molecule has 20 heavy (non-hydrogen) atoms. The average Bonchev–Trinajstić information content (AvgIpc) is 2.39. The summed E-state index contributed by atoms with van der Waals surface area (Å²) in [4.78, 5) is 11.5. The minimum absolute atomic E-state index is 0.0677. The maximum Gasteiger partial charge on any atom is 0.240 e. The molecule has 0 saturated carbocycles. The molecular weight excluding hydrogens is 276 g/mol. The smallest absolute Gasteiger partial charge is 0.240 e. The molecule has 0 radical (unpaired) electrons. The fraction of sp³-hybridized carbons (Fsp3) is 0.357. The van der Waals surface area contributed by atoms with E-state index in [4.69, 9.17) is 0 Å². The molecule has 0 spiro atoms. The van der Waals surface area contributed by atoms with E-state index in [1.807, 2.05) is 13.8 Å². The highest BCUT2D eigenvalue weighted by Gasteiger charge is 2.14. The highest BCUT2D eigenvalue weighted by atomic mass is 32.2. The second kappa shape index (κ2) is 7.21. The molecule has 1 aromatic rings.